The summed E-state index contributed by atoms with van der Waals surface area (Å²) in [7, 11) is 0. The molecule has 1 aromatic carbocycles. The lowest BCUT2D eigenvalue weighted by Gasteiger charge is -2.24. The maximum Gasteiger partial charge on any atom is 0.337 e. The first-order chi connectivity index (χ1) is 9.76. The van der Waals surface area contributed by atoms with Crippen molar-refractivity contribution in [1.29, 1.82) is 0 Å². The average molecular weight is 293 g/mol. The van der Waals surface area contributed by atoms with Crippen molar-refractivity contribution in [2.75, 3.05) is 23.7 Å². The molecule has 116 valence electrons. The third-order valence-electron chi connectivity index (χ3n) is 3.13. The Balaban J connectivity index is 3.06. The lowest BCUT2D eigenvalue weighted by atomic mass is 10.1. The standard InChI is InChI=1S/C15H23N3O3/c1-5-18(8-13(19)17-9(2)3)11-6-10(4)14(16)12(7-11)15(20)21/h6-7,9H,5,8,16H2,1-4H3,(H,17,19)(H,20,21). The van der Waals surface area contributed by atoms with Gasteiger partial charge in [0.2, 0.25) is 5.91 Å². The predicted octanol–water partition coefficient (Wildman–Crippen LogP) is 1.63. The van der Waals surface area contributed by atoms with E-state index in [0.29, 0.717) is 17.8 Å². The Kier molecular flexibility index (Phi) is 5.58. The summed E-state index contributed by atoms with van der Waals surface area (Å²) in [6.07, 6.45) is 0. The van der Waals surface area contributed by atoms with Crippen LogP contribution in [0.1, 0.15) is 36.7 Å². The van der Waals surface area contributed by atoms with Crippen LogP contribution in [0.5, 0.6) is 0 Å². The van der Waals surface area contributed by atoms with Gasteiger partial charge in [-0.25, -0.2) is 4.79 Å². The molecule has 1 rings (SSSR count). The van der Waals surface area contributed by atoms with Crippen LogP contribution < -0.4 is 16.0 Å². The number of nitrogen functional groups attached to an aromatic ring is 1. The number of aryl methyl sites for hydroxylation is 1. The van der Waals surface area contributed by atoms with Crippen molar-refractivity contribution < 1.29 is 14.7 Å². The maximum atomic E-state index is 11.9. The van der Waals surface area contributed by atoms with Crippen LogP contribution in [-0.2, 0) is 4.79 Å². The van der Waals surface area contributed by atoms with E-state index in [2.05, 4.69) is 5.32 Å². The SMILES string of the molecule is CCN(CC(=O)NC(C)C)c1cc(C)c(N)c(C(=O)O)c1. The molecule has 0 aliphatic carbocycles. The summed E-state index contributed by atoms with van der Waals surface area (Å²) in [6, 6.07) is 3.38. The maximum absolute atomic E-state index is 11.9. The van der Waals surface area contributed by atoms with Crippen LogP contribution in [0.4, 0.5) is 11.4 Å². The summed E-state index contributed by atoms with van der Waals surface area (Å²) in [5.41, 5.74) is 7.47. The summed E-state index contributed by atoms with van der Waals surface area (Å²) < 4.78 is 0. The first-order valence-electron chi connectivity index (χ1n) is 6.94. The molecule has 0 saturated heterocycles. The number of nitrogens with zero attached hydrogens (tertiary/aromatic N) is 1. The topological polar surface area (TPSA) is 95.7 Å². The Bertz CT molecular complexity index is 541. The molecule has 0 radical (unpaired) electrons. The van der Waals surface area contributed by atoms with Crippen molar-refractivity contribution in [2.24, 2.45) is 0 Å². The second-order valence-electron chi connectivity index (χ2n) is 5.27. The summed E-state index contributed by atoms with van der Waals surface area (Å²) >= 11 is 0. The fourth-order valence-electron chi connectivity index (χ4n) is 2.07. The summed E-state index contributed by atoms with van der Waals surface area (Å²) in [5, 5.41) is 12.0. The molecule has 0 fully saturated rings. The second kappa shape index (κ2) is 6.97. The Morgan fingerprint density at radius 3 is 2.48 bits per heavy atom. The molecule has 0 unspecified atom stereocenters. The predicted molar refractivity (Wildman–Crippen MR) is 83.7 cm³/mol. The van der Waals surface area contributed by atoms with E-state index in [0.717, 1.165) is 0 Å². The minimum Gasteiger partial charge on any atom is -0.478 e. The fourth-order valence-corrected chi connectivity index (χ4v) is 2.07. The van der Waals surface area contributed by atoms with Gasteiger partial charge < -0.3 is 21.1 Å². The van der Waals surface area contributed by atoms with Gasteiger partial charge in [-0.2, -0.15) is 0 Å². The number of carbonyl (C=O) groups excluding carboxylic acids is 1. The second-order valence-corrected chi connectivity index (χ2v) is 5.27. The minimum atomic E-state index is -1.07. The molecular weight excluding hydrogens is 270 g/mol. The van der Waals surface area contributed by atoms with Crippen LogP contribution in [0.3, 0.4) is 0 Å². The number of aromatic carboxylic acids is 1. The molecule has 0 atom stereocenters. The molecule has 0 bridgehead atoms. The van der Waals surface area contributed by atoms with Crippen LogP contribution in [0.25, 0.3) is 0 Å². The monoisotopic (exact) mass is 293 g/mol. The van der Waals surface area contributed by atoms with Crippen LogP contribution in [0.15, 0.2) is 12.1 Å². The molecule has 6 heteroatoms. The zero-order valence-electron chi connectivity index (χ0n) is 12.9. The van der Waals surface area contributed by atoms with Crippen LogP contribution >= 0.6 is 0 Å². The highest BCUT2D eigenvalue weighted by Gasteiger charge is 2.16. The first kappa shape index (κ1) is 16.8. The Hall–Kier alpha value is -2.24. The highest BCUT2D eigenvalue weighted by molar-refractivity contribution is 5.96. The number of carbonyl (C=O) groups is 2. The summed E-state index contributed by atoms with van der Waals surface area (Å²) in [5.74, 6) is -1.17. The first-order valence-corrected chi connectivity index (χ1v) is 6.94. The normalized spacial score (nSPS) is 10.5. The number of benzene rings is 1. The van der Waals surface area contributed by atoms with E-state index in [1.54, 1.807) is 13.0 Å². The van der Waals surface area contributed by atoms with Gasteiger partial charge in [0.15, 0.2) is 0 Å². The number of anilines is 2. The quantitative estimate of drug-likeness (QED) is 0.693. The minimum absolute atomic E-state index is 0.0627. The number of carboxylic acids is 1. The molecule has 1 aromatic rings. The third kappa shape index (κ3) is 4.37. The number of amides is 1. The third-order valence-corrected chi connectivity index (χ3v) is 3.13. The van der Waals surface area contributed by atoms with Crippen LogP contribution in [0, 0.1) is 6.92 Å². The average Bonchev–Trinajstić information content (AvgIpc) is 2.37. The molecule has 6 nitrogen and oxygen atoms in total. The van der Waals surface area contributed by atoms with Gasteiger partial charge in [-0.3, -0.25) is 4.79 Å². The van der Waals surface area contributed by atoms with Gasteiger partial charge >= 0.3 is 5.97 Å². The van der Waals surface area contributed by atoms with E-state index < -0.39 is 5.97 Å². The van der Waals surface area contributed by atoms with Gasteiger partial charge in [0.05, 0.1) is 12.1 Å². The lowest BCUT2D eigenvalue weighted by molar-refractivity contribution is -0.120. The van der Waals surface area contributed by atoms with E-state index in [-0.39, 0.29) is 29.7 Å². The Labute approximate surface area is 124 Å². The zero-order chi connectivity index (χ0) is 16.2. The van der Waals surface area contributed by atoms with Crippen LogP contribution in [0.2, 0.25) is 0 Å². The van der Waals surface area contributed by atoms with Gasteiger partial charge in [0.1, 0.15) is 0 Å². The molecule has 21 heavy (non-hydrogen) atoms. The molecule has 0 aromatic heterocycles. The lowest BCUT2D eigenvalue weighted by Crippen LogP contribution is -2.40. The van der Waals surface area contributed by atoms with Crippen molar-refractivity contribution in [3.05, 3.63) is 23.3 Å². The summed E-state index contributed by atoms with van der Waals surface area (Å²) in [6.45, 7) is 8.22. The molecule has 4 N–H and O–H groups in total. The highest BCUT2D eigenvalue weighted by Crippen LogP contribution is 2.25. The molecule has 0 aliphatic heterocycles. The zero-order valence-corrected chi connectivity index (χ0v) is 12.9. The smallest absolute Gasteiger partial charge is 0.337 e. The Morgan fingerprint density at radius 1 is 1.38 bits per heavy atom. The van der Waals surface area contributed by atoms with Gasteiger partial charge in [-0.1, -0.05) is 0 Å². The number of hydrogen-bond acceptors (Lipinski definition) is 4. The Morgan fingerprint density at radius 2 is 2.00 bits per heavy atom. The number of likely N-dealkylation sites (N-methyl/N-ethyl adjacent to an activating group) is 1. The van der Waals surface area contributed by atoms with Crippen molar-refractivity contribution in [2.45, 2.75) is 33.7 Å². The molecule has 0 heterocycles. The molecule has 0 spiro atoms. The fraction of sp³-hybridized carbons (Fsp3) is 0.467. The van der Waals surface area contributed by atoms with Gasteiger partial charge in [0.25, 0.3) is 0 Å². The van der Waals surface area contributed by atoms with E-state index in [1.807, 2.05) is 25.7 Å². The largest absolute Gasteiger partial charge is 0.478 e. The van der Waals surface area contributed by atoms with Crippen molar-refractivity contribution in [1.82, 2.24) is 5.32 Å². The van der Waals surface area contributed by atoms with Crippen molar-refractivity contribution >= 4 is 23.3 Å². The highest BCUT2D eigenvalue weighted by atomic mass is 16.4. The molecule has 0 saturated carbocycles. The molecular formula is C15H23N3O3. The number of nitrogens with one attached hydrogen (secondary N) is 1. The number of carboxylic acid groups (broad SMARTS) is 1. The van der Waals surface area contributed by atoms with Crippen molar-refractivity contribution in [3.63, 3.8) is 0 Å². The molecule has 0 aliphatic rings. The number of nitrogens with two attached hydrogens (primary N) is 1. The van der Waals surface area contributed by atoms with Crippen LogP contribution in [-0.4, -0.2) is 36.1 Å². The number of rotatable bonds is 6. The van der Waals surface area contributed by atoms with E-state index in [4.69, 9.17) is 5.73 Å². The number of hydrogen-bond donors (Lipinski definition) is 3. The molecule has 1 amide bonds. The van der Waals surface area contributed by atoms with Gasteiger partial charge in [-0.05, 0) is 45.4 Å². The van der Waals surface area contributed by atoms with Gasteiger partial charge in [0, 0.05) is 24.0 Å². The van der Waals surface area contributed by atoms with E-state index >= 15 is 0 Å². The van der Waals surface area contributed by atoms with E-state index in [1.165, 1.54) is 6.07 Å². The van der Waals surface area contributed by atoms with Gasteiger partial charge in [-0.15, -0.1) is 0 Å². The summed E-state index contributed by atoms with van der Waals surface area (Å²) in [4.78, 5) is 24.9. The van der Waals surface area contributed by atoms with Crippen molar-refractivity contribution in [3.8, 4) is 0 Å². The van der Waals surface area contributed by atoms with E-state index in [9.17, 15) is 14.7 Å².